The lowest BCUT2D eigenvalue weighted by Gasteiger charge is -2.11. The topological polar surface area (TPSA) is 110 Å². The second-order valence-electron chi connectivity index (χ2n) is 3.93. The summed E-state index contributed by atoms with van der Waals surface area (Å²) in [6.45, 7) is 1.54. The van der Waals surface area contributed by atoms with Crippen molar-refractivity contribution in [1.29, 1.82) is 0 Å². The summed E-state index contributed by atoms with van der Waals surface area (Å²) >= 11 is 3.08. The molecule has 0 radical (unpaired) electrons. The Bertz CT molecular complexity index is 532. The van der Waals surface area contributed by atoms with Crippen molar-refractivity contribution < 1.29 is 19.6 Å². The number of nitro benzene ring substituents is 1. The minimum absolute atomic E-state index is 0.0957. The highest BCUT2D eigenvalue weighted by molar-refractivity contribution is 9.10. The molecule has 0 saturated carbocycles. The second kappa shape index (κ2) is 6.28. The summed E-state index contributed by atoms with van der Waals surface area (Å²) in [5.41, 5.74) is -0.122. The van der Waals surface area contributed by atoms with Crippen molar-refractivity contribution in [2.75, 3.05) is 0 Å². The molecule has 0 aliphatic heterocycles. The summed E-state index contributed by atoms with van der Waals surface area (Å²) in [6, 6.07) is 3.27. The molecule has 0 aromatic heterocycles. The van der Waals surface area contributed by atoms with Crippen LogP contribution in [0.5, 0.6) is 0 Å². The van der Waals surface area contributed by atoms with E-state index in [1.165, 1.54) is 12.1 Å². The molecule has 1 unspecified atom stereocenters. The Labute approximate surface area is 116 Å². The maximum absolute atomic E-state index is 11.8. The number of nitro groups is 1. The number of aliphatic carboxylic acids is 1. The molecule has 1 atom stereocenters. The van der Waals surface area contributed by atoms with E-state index in [9.17, 15) is 19.7 Å². The molecule has 7 nitrogen and oxygen atoms in total. The molecule has 1 aromatic carbocycles. The van der Waals surface area contributed by atoms with E-state index in [2.05, 4.69) is 21.2 Å². The quantitative estimate of drug-likeness (QED) is 0.633. The Hall–Kier alpha value is -1.96. The summed E-state index contributed by atoms with van der Waals surface area (Å²) in [6.07, 6.45) is -0.220. The lowest BCUT2D eigenvalue weighted by molar-refractivity contribution is -0.385. The first-order valence-corrected chi connectivity index (χ1v) is 6.06. The Kier molecular flexibility index (Phi) is 4.99. The maximum atomic E-state index is 11.8. The van der Waals surface area contributed by atoms with Crippen molar-refractivity contribution >= 4 is 33.5 Å². The van der Waals surface area contributed by atoms with Crippen molar-refractivity contribution in [3.63, 3.8) is 0 Å². The van der Waals surface area contributed by atoms with Crippen LogP contribution in [0.2, 0.25) is 0 Å². The van der Waals surface area contributed by atoms with Gasteiger partial charge in [-0.15, -0.1) is 0 Å². The molecule has 1 amide bonds. The van der Waals surface area contributed by atoms with Gasteiger partial charge in [-0.2, -0.15) is 0 Å². The number of nitrogens with zero attached hydrogens (tertiary/aromatic N) is 1. The van der Waals surface area contributed by atoms with Crippen LogP contribution in [0.1, 0.15) is 23.7 Å². The first-order chi connectivity index (χ1) is 8.79. The second-order valence-corrected chi connectivity index (χ2v) is 4.84. The molecule has 0 saturated heterocycles. The molecular weight excluding hydrogens is 320 g/mol. The summed E-state index contributed by atoms with van der Waals surface area (Å²) in [5.74, 6) is -1.59. The lowest BCUT2D eigenvalue weighted by Crippen LogP contribution is -2.34. The van der Waals surface area contributed by atoms with Gasteiger partial charge in [0.2, 0.25) is 0 Å². The lowest BCUT2D eigenvalue weighted by atomic mass is 10.1. The van der Waals surface area contributed by atoms with Crippen molar-refractivity contribution in [2.24, 2.45) is 0 Å². The maximum Gasteiger partial charge on any atom is 0.305 e. The molecule has 0 aliphatic carbocycles. The molecular formula is C11H11BrN2O5. The Morgan fingerprint density at radius 2 is 2.11 bits per heavy atom. The van der Waals surface area contributed by atoms with Gasteiger partial charge in [0.15, 0.2) is 0 Å². The Balaban J connectivity index is 2.88. The molecule has 102 valence electrons. The van der Waals surface area contributed by atoms with Gasteiger partial charge >= 0.3 is 5.97 Å². The zero-order chi connectivity index (χ0) is 14.6. The zero-order valence-corrected chi connectivity index (χ0v) is 11.5. The smallest absolute Gasteiger partial charge is 0.305 e. The molecule has 0 spiro atoms. The molecule has 0 bridgehead atoms. The number of amides is 1. The number of rotatable bonds is 5. The van der Waals surface area contributed by atoms with Crippen molar-refractivity contribution in [2.45, 2.75) is 19.4 Å². The number of carboxylic acid groups (broad SMARTS) is 1. The number of benzene rings is 1. The van der Waals surface area contributed by atoms with Crippen LogP contribution in [0.15, 0.2) is 22.7 Å². The van der Waals surface area contributed by atoms with Crippen LogP contribution >= 0.6 is 15.9 Å². The molecule has 2 N–H and O–H groups in total. The van der Waals surface area contributed by atoms with Gasteiger partial charge in [-0.05, 0) is 13.0 Å². The molecule has 1 rings (SSSR count). The van der Waals surface area contributed by atoms with Crippen molar-refractivity contribution in [3.05, 3.63) is 38.3 Å². The highest BCUT2D eigenvalue weighted by Gasteiger charge is 2.16. The standard InChI is InChI=1S/C11H11BrN2O5/c1-6(2-10(15)16)13-11(17)7-3-8(12)5-9(4-7)14(18)19/h3-6H,2H2,1H3,(H,13,17)(H,15,16). The van der Waals surface area contributed by atoms with Crippen LogP contribution in [0.25, 0.3) is 0 Å². The summed E-state index contributed by atoms with van der Waals surface area (Å²) in [7, 11) is 0. The van der Waals surface area contributed by atoms with Crippen LogP contribution in [0, 0.1) is 10.1 Å². The van der Waals surface area contributed by atoms with Crippen LogP contribution in [0.4, 0.5) is 5.69 Å². The van der Waals surface area contributed by atoms with Gasteiger partial charge in [-0.25, -0.2) is 0 Å². The fraction of sp³-hybridized carbons (Fsp3) is 0.273. The van der Waals surface area contributed by atoms with Gasteiger partial charge in [0.1, 0.15) is 0 Å². The zero-order valence-electron chi connectivity index (χ0n) is 9.92. The predicted molar refractivity (Wildman–Crippen MR) is 70.0 cm³/mol. The molecule has 0 fully saturated rings. The number of nitrogens with one attached hydrogen (secondary N) is 1. The van der Waals surface area contributed by atoms with Crippen LogP contribution < -0.4 is 5.32 Å². The number of carboxylic acids is 1. The Morgan fingerprint density at radius 3 is 2.63 bits per heavy atom. The number of halogens is 1. The minimum atomic E-state index is -1.03. The van der Waals surface area contributed by atoms with E-state index in [4.69, 9.17) is 5.11 Å². The third-order valence-corrected chi connectivity index (χ3v) is 2.67. The Morgan fingerprint density at radius 1 is 1.47 bits per heavy atom. The van der Waals surface area contributed by atoms with Crippen molar-refractivity contribution in [1.82, 2.24) is 5.32 Å². The summed E-state index contributed by atoms with van der Waals surface area (Å²) in [5, 5.41) is 21.7. The largest absolute Gasteiger partial charge is 0.481 e. The average Bonchev–Trinajstić information content (AvgIpc) is 2.26. The van der Waals surface area contributed by atoms with Gasteiger partial charge < -0.3 is 10.4 Å². The van der Waals surface area contributed by atoms with Gasteiger partial charge in [0, 0.05) is 28.2 Å². The number of hydrogen-bond acceptors (Lipinski definition) is 4. The van der Waals surface area contributed by atoms with Crippen LogP contribution in [-0.2, 0) is 4.79 Å². The van der Waals surface area contributed by atoms with E-state index in [0.717, 1.165) is 6.07 Å². The van der Waals surface area contributed by atoms with Gasteiger partial charge in [0.05, 0.1) is 11.3 Å². The molecule has 0 aliphatic rings. The van der Waals surface area contributed by atoms with E-state index in [1.54, 1.807) is 6.92 Å². The number of carbonyl (C=O) groups excluding carboxylic acids is 1. The normalized spacial score (nSPS) is 11.7. The number of hydrogen-bond donors (Lipinski definition) is 2. The van der Waals surface area contributed by atoms with Crippen molar-refractivity contribution in [3.8, 4) is 0 Å². The highest BCUT2D eigenvalue weighted by atomic mass is 79.9. The predicted octanol–water partition coefficient (Wildman–Crippen LogP) is 1.95. The monoisotopic (exact) mass is 330 g/mol. The molecule has 19 heavy (non-hydrogen) atoms. The molecule has 1 aromatic rings. The van der Waals surface area contributed by atoms with Crippen LogP contribution in [0.3, 0.4) is 0 Å². The average molecular weight is 331 g/mol. The highest BCUT2D eigenvalue weighted by Crippen LogP contribution is 2.21. The van der Waals surface area contributed by atoms with Gasteiger partial charge in [0.25, 0.3) is 11.6 Å². The number of carbonyl (C=O) groups is 2. The number of non-ortho nitro benzene ring substituents is 1. The fourth-order valence-electron chi connectivity index (χ4n) is 1.43. The third-order valence-electron chi connectivity index (χ3n) is 2.21. The van der Waals surface area contributed by atoms with E-state index in [-0.39, 0.29) is 17.7 Å². The van der Waals surface area contributed by atoms with Gasteiger partial charge in [-0.1, -0.05) is 15.9 Å². The molecule has 0 heterocycles. The summed E-state index contributed by atoms with van der Waals surface area (Å²) < 4.78 is 0.401. The van der Waals surface area contributed by atoms with E-state index >= 15 is 0 Å². The third kappa shape index (κ3) is 4.66. The first-order valence-electron chi connectivity index (χ1n) is 5.27. The molecule has 8 heteroatoms. The van der Waals surface area contributed by atoms with Gasteiger partial charge in [-0.3, -0.25) is 19.7 Å². The SMILES string of the molecule is CC(CC(=O)O)NC(=O)c1cc(Br)cc([N+](=O)[O-])c1. The first kappa shape index (κ1) is 15.1. The minimum Gasteiger partial charge on any atom is -0.481 e. The van der Waals surface area contributed by atoms with Crippen LogP contribution in [-0.4, -0.2) is 27.9 Å². The van der Waals surface area contributed by atoms with E-state index in [1.807, 2.05) is 0 Å². The fourth-order valence-corrected chi connectivity index (χ4v) is 1.91. The summed E-state index contributed by atoms with van der Waals surface area (Å²) in [4.78, 5) is 32.4. The van der Waals surface area contributed by atoms with E-state index < -0.39 is 22.8 Å². The van der Waals surface area contributed by atoms with E-state index in [0.29, 0.717) is 4.47 Å².